The molecule has 3 aliphatic rings. The van der Waals surface area contributed by atoms with Gasteiger partial charge in [0.25, 0.3) is 5.91 Å². The average Bonchev–Trinajstić information content (AvgIpc) is 3.37. The van der Waals surface area contributed by atoms with Crippen LogP contribution in [0.3, 0.4) is 0 Å². The van der Waals surface area contributed by atoms with Crippen LogP contribution in [0, 0.1) is 5.92 Å². The molecule has 2 aromatic carbocycles. The molecule has 1 aromatic heterocycles. The van der Waals surface area contributed by atoms with Crippen molar-refractivity contribution in [3.05, 3.63) is 69.4 Å². The summed E-state index contributed by atoms with van der Waals surface area (Å²) in [6.07, 6.45) is 6.54. The molecule has 9 heteroatoms. The van der Waals surface area contributed by atoms with Crippen LogP contribution in [0.5, 0.6) is 0 Å². The molecule has 1 saturated heterocycles. The highest BCUT2D eigenvalue weighted by Crippen LogP contribution is 2.47. The predicted octanol–water partition coefficient (Wildman–Crippen LogP) is 6.80. The maximum Gasteiger partial charge on any atom is 0.251 e. The van der Waals surface area contributed by atoms with Crippen molar-refractivity contribution in [3.8, 4) is 11.3 Å². The van der Waals surface area contributed by atoms with Gasteiger partial charge in [0, 0.05) is 59.1 Å². The zero-order chi connectivity index (χ0) is 26.2. The molecule has 2 saturated carbocycles. The van der Waals surface area contributed by atoms with E-state index < -0.39 is 0 Å². The highest BCUT2D eigenvalue weighted by molar-refractivity contribution is 7.98. The normalized spacial score (nSPS) is 22.3. The molecule has 1 amide bonds. The van der Waals surface area contributed by atoms with Crippen molar-refractivity contribution < 1.29 is 14.1 Å². The minimum absolute atomic E-state index is 0.0150. The van der Waals surface area contributed by atoms with Gasteiger partial charge >= 0.3 is 0 Å². The van der Waals surface area contributed by atoms with Gasteiger partial charge in [-0.25, -0.2) is 0 Å². The zero-order valence-electron chi connectivity index (χ0n) is 21.3. The van der Waals surface area contributed by atoms with Gasteiger partial charge in [-0.05, 0) is 68.3 Å². The number of carbonyl (C=O) groups excluding carboxylic acids is 1. The van der Waals surface area contributed by atoms with E-state index in [1.165, 1.54) is 5.69 Å². The SMILES string of the molecule is CSCCNC(=O)c1ccc(N2C[C@@H]3C[C@H]2C[C@H]3OCc2c(-c3c(Cl)cccc3Cl)noc2C2CC2)cc1. The van der Waals surface area contributed by atoms with Crippen LogP contribution in [0.25, 0.3) is 11.3 Å². The van der Waals surface area contributed by atoms with Gasteiger partial charge in [0.15, 0.2) is 0 Å². The second-order valence-corrected chi connectivity index (χ2v) is 12.2. The number of piperidine rings is 1. The molecular weight excluding hydrogens is 541 g/mol. The Morgan fingerprint density at radius 2 is 1.92 bits per heavy atom. The number of fused-ring (bicyclic) bond motifs is 2. The molecule has 0 unspecified atom stereocenters. The standard InChI is InChI=1S/C29H31Cl2N3O3S/c1-38-12-11-32-29(35)18-7-9-20(10-8-18)34-15-19-13-21(34)14-25(19)36-16-22-27(33-37-28(22)17-5-6-17)26-23(30)3-2-4-24(26)31/h2-4,7-10,17,19,21,25H,5-6,11-16H2,1H3,(H,32,35)/t19-,21-,25+/m0/s1. The molecule has 6 nitrogen and oxygen atoms in total. The summed E-state index contributed by atoms with van der Waals surface area (Å²) in [6.45, 7) is 2.08. The van der Waals surface area contributed by atoms with E-state index >= 15 is 0 Å². The third kappa shape index (κ3) is 5.18. The first-order valence-electron chi connectivity index (χ1n) is 13.2. The molecule has 1 N–H and O–H groups in total. The van der Waals surface area contributed by atoms with E-state index in [0.717, 1.165) is 49.3 Å². The van der Waals surface area contributed by atoms with Crippen LogP contribution in [-0.2, 0) is 11.3 Å². The third-order valence-corrected chi connectivity index (χ3v) is 9.18. The van der Waals surface area contributed by atoms with Crippen LogP contribution in [0.2, 0.25) is 10.0 Å². The summed E-state index contributed by atoms with van der Waals surface area (Å²) in [6, 6.07) is 13.9. The monoisotopic (exact) mass is 571 g/mol. The fraction of sp³-hybridized carbons (Fsp3) is 0.448. The van der Waals surface area contributed by atoms with Crippen LogP contribution in [-0.4, -0.2) is 48.3 Å². The second-order valence-electron chi connectivity index (χ2n) is 10.4. The van der Waals surface area contributed by atoms with Crippen LogP contribution in [0.1, 0.15) is 53.3 Å². The Balaban J connectivity index is 1.11. The molecule has 200 valence electrons. The first-order chi connectivity index (χ1) is 18.5. The van der Waals surface area contributed by atoms with Crippen molar-refractivity contribution in [2.45, 2.75) is 50.4 Å². The summed E-state index contributed by atoms with van der Waals surface area (Å²) in [5.74, 6) is 2.68. The number of rotatable bonds is 10. The largest absolute Gasteiger partial charge is 0.373 e. The minimum Gasteiger partial charge on any atom is -0.373 e. The zero-order valence-corrected chi connectivity index (χ0v) is 23.6. The Morgan fingerprint density at radius 3 is 2.58 bits per heavy atom. The molecule has 6 rings (SSSR count). The van der Waals surface area contributed by atoms with Crippen molar-refractivity contribution in [3.63, 3.8) is 0 Å². The van der Waals surface area contributed by atoms with E-state index in [1.54, 1.807) is 11.8 Å². The Kier molecular flexibility index (Phi) is 7.63. The number of hydrogen-bond donors (Lipinski definition) is 1. The van der Waals surface area contributed by atoms with Crippen LogP contribution in [0.4, 0.5) is 5.69 Å². The van der Waals surface area contributed by atoms with Gasteiger partial charge in [-0.1, -0.05) is 34.4 Å². The number of hydrogen-bond acceptors (Lipinski definition) is 6. The van der Waals surface area contributed by atoms with Crippen LogP contribution in [0.15, 0.2) is 47.0 Å². The number of halogens is 2. The number of nitrogens with one attached hydrogen (secondary N) is 1. The average molecular weight is 573 g/mol. The van der Waals surface area contributed by atoms with E-state index in [4.69, 9.17) is 32.5 Å². The van der Waals surface area contributed by atoms with Crippen molar-refractivity contribution in [1.29, 1.82) is 0 Å². The quantitative estimate of drug-likeness (QED) is 0.270. The minimum atomic E-state index is -0.0150. The van der Waals surface area contributed by atoms with Crippen LogP contribution < -0.4 is 10.2 Å². The molecule has 0 spiro atoms. The molecule has 2 aliphatic carbocycles. The predicted molar refractivity (Wildman–Crippen MR) is 154 cm³/mol. The number of benzene rings is 2. The Bertz CT molecular complexity index is 1290. The van der Waals surface area contributed by atoms with Gasteiger partial charge in [0.05, 0.1) is 22.8 Å². The van der Waals surface area contributed by atoms with E-state index in [0.29, 0.717) is 57.9 Å². The third-order valence-electron chi connectivity index (χ3n) is 7.94. The Hall–Kier alpha value is -2.19. The van der Waals surface area contributed by atoms with Crippen molar-refractivity contribution in [2.75, 3.05) is 30.0 Å². The smallest absolute Gasteiger partial charge is 0.251 e. The lowest BCUT2D eigenvalue weighted by molar-refractivity contribution is 0.0122. The van der Waals surface area contributed by atoms with E-state index in [1.807, 2.05) is 36.6 Å². The van der Waals surface area contributed by atoms with E-state index in [-0.39, 0.29) is 12.0 Å². The molecule has 2 heterocycles. The number of aromatic nitrogens is 1. The molecule has 3 aromatic rings. The fourth-order valence-electron chi connectivity index (χ4n) is 5.84. The van der Waals surface area contributed by atoms with Gasteiger partial charge in [-0.2, -0.15) is 11.8 Å². The summed E-state index contributed by atoms with van der Waals surface area (Å²) in [4.78, 5) is 14.8. The first-order valence-corrected chi connectivity index (χ1v) is 15.4. The summed E-state index contributed by atoms with van der Waals surface area (Å²) < 4.78 is 12.4. The number of ether oxygens (including phenoxy) is 1. The number of anilines is 1. The lowest BCUT2D eigenvalue weighted by Gasteiger charge is -2.33. The van der Waals surface area contributed by atoms with Crippen molar-refractivity contribution in [2.24, 2.45) is 5.92 Å². The molecule has 38 heavy (non-hydrogen) atoms. The van der Waals surface area contributed by atoms with Gasteiger partial charge < -0.3 is 19.5 Å². The molecule has 0 radical (unpaired) electrons. The van der Waals surface area contributed by atoms with Gasteiger partial charge in [0.1, 0.15) is 11.5 Å². The Morgan fingerprint density at radius 1 is 1.16 bits per heavy atom. The highest BCUT2D eigenvalue weighted by Gasteiger charge is 2.45. The summed E-state index contributed by atoms with van der Waals surface area (Å²) in [5, 5.41) is 8.49. The topological polar surface area (TPSA) is 67.6 Å². The number of thioether (sulfide) groups is 1. The van der Waals surface area contributed by atoms with Crippen molar-refractivity contribution >= 4 is 46.6 Å². The van der Waals surface area contributed by atoms with Crippen molar-refractivity contribution in [1.82, 2.24) is 10.5 Å². The molecule has 1 aliphatic heterocycles. The molecule has 2 bridgehead atoms. The molecular formula is C29H31Cl2N3O3S. The number of carbonyl (C=O) groups is 1. The summed E-state index contributed by atoms with van der Waals surface area (Å²) in [5.41, 5.74) is 4.27. The highest BCUT2D eigenvalue weighted by atomic mass is 35.5. The Labute approximate surface area is 237 Å². The maximum absolute atomic E-state index is 12.3. The summed E-state index contributed by atoms with van der Waals surface area (Å²) in [7, 11) is 0. The fourth-order valence-corrected chi connectivity index (χ4v) is 6.72. The first kappa shape index (κ1) is 26.1. The lowest BCUT2D eigenvalue weighted by Crippen LogP contribution is -2.38. The van der Waals surface area contributed by atoms with Gasteiger partial charge in [0.2, 0.25) is 0 Å². The number of amides is 1. The molecule has 3 atom stereocenters. The molecule has 3 fully saturated rings. The summed E-state index contributed by atoms with van der Waals surface area (Å²) >= 11 is 14.7. The maximum atomic E-state index is 12.3. The van der Waals surface area contributed by atoms with Crippen LogP contribution >= 0.6 is 35.0 Å². The van der Waals surface area contributed by atoms with Gasteiger partial charge in [-0.15, -0.1) is 0 Å². The van der Waals surface area contributed by atoms with E-state index in [2.05, 4.69) is 27.5 Å². The number of nitrogens with zero attached hydrogens (tertiary/aromatic N) is 2. The second kappa shape index (κ2) is 11.1. The lowest BCUT2D eigenvalue weighted by atomic mass is 10.0. The van der Waals surface area contributed by atoms with Gasteiger partial charge in [-0.3, -0.25) is 4.79 Å². The van der Waals surface area contributed by atoms with E-state index in [9.17, 15) is 4.79 Å².